The van der Waals surface area contributed by atoms with Gasteiger partial charge in [-0.15, -0.1) is 0 Å². The topological polar surface area (TPSA) is 9.23 Å². The summed E-state index contributed by atoms with van der Waals surface area (Å²) in [5, 5.41) is 0. The van der Waals surface area contributed by atoms with Gasteiger partial charge in [0, 0.05) is 12.7 Å². The minimum absolute atomic E-state index is 0.0588. The van der Waals surface area contributed by atoms with Gasteiger partial charge in [-0.3, -0.25) is 0 Å². The summed E-state index contributed by atoms with van der Waals surface area (Å²) in [6, 6.07) is 1.69. The van der Waals surface area contributed by atoms with E-state index in [1.807, 2.05) is 0 Å². The summed E-state index contributed by atoms with van der Waals surface area (Å²) in [6.07, 6.45) is 13.0. The average molecular weight is 391 g/mol. The van der Waals surface area contributed by atoms with Crippen molar-refractivity contribution in [3.05, 3.63) is 34.4 Å². The number of methoxy groups -OCH3 is 1. The van der Waals surface area contributed by atoms with E-state index in [0.717, 1.165) is 68.9 Å². The Bertz CT molecular complexity index is 686. The molecule has 0 N–H and O–H groups in total. The Balaban J connectivity index is 1.50. The Morgan fingerprint density at radius 1 is 1.04 bits per heavy atom. The second-order valence-electron chi connectivity index (χ2n) is 9.68. The first-order chi connectivity index (χ1) is 13.6. The zero-order valence-electron chi connectivity index (χ0n) is 17.6. The summed E-state index contributed by atoms with van der Waals surface area (Å²) in [6.45, 7) is 2.21. The van der Waals surface area contributed by atoms with Crippen molar-refractivity contribution in [2.24, 2.45) is 17.8 Å². The van der Waals surface area contributed by atoms with Crippen LogP contribution in [0.3, 0.4) is 0 Å². The van der Waals surface area contributed by atoms with Crippen LogP contribution in [0.4, 0.5) is 8.78 Å². The average Bonchev–Trinajstić information content (AvgIpc) is 2.71. The Morgan fingerprint density at radius 3 is 2.61 bits per heavy atom. The van der Waals surface area contributed by atoms with Crippen LogP contribution in [-0.4, -0.2) is 13.2 Å². The Hall–Kier alpha value is -0.960. The lowest BCUT2D eigenvalue weighted by molar-refractivity contribution is 0.0119. The summed E-state index contributed by atoms with van der Waals surface area (Å²) in [7, 11) is 1.81. The van der Waals surface area contributed by atoms with Gasteiger partial charge in [-0.2, -0.15) is 0 Å². The molecule has 5 unspecified atom stereocenters. The molecule has 0 aromatic heterocycles. The molecule has 5 atom stereocenters. The maximum Gasteiger partial charge on any atom is 0.133 e. The van der Waals surface area contributed by atoms with Crippen LogP contribution in [0.1, 0.15) is 93.7 Å². The van der Waals surface area contributed by atoms with Gasteiger partial charge < -0.3 is 4.74 Å². The molecule has 0 bridgehead atoms. The van der Waals surface area contributed by atoms with Gasteiger partial charge >= 0.3 is 0 Å². The summed E-state index contributed by atoms with van der Waals surface area (Å²) in [4.78, 5) is 0. The van der Waals surface area contributed by atoms with Gasteiger partial charge in [0.2, 0.25) is 0 Å². The fourth-order valence-corrected chi connectivity index (χ4v) is 6.38. The van der Waals surface area contributed by atoms with Crippen molar-refractivity contribution in [1.29, 1.82) is 0 Å². The first-order valence-corrected chi connectivity index (χ1v) is 11.6. The van der Waals surface area contributed by atoms with E-state index in [-0.39, 0.29) is 17.6 Å². The molecular formula is C25H36F2O. The van der Waals surface area contributed by atoms with Gasteiger partial charge in [0.05, 0.1) is 6.10 Å². The predicted octanol–water partition coefficient (Wildman–Crippen LogP) is 6.96. The molecule has 0 spiro atoms. The van der Waals surface area contributed by atoms with Crippen LogP contribution in [0.2, 0.25) is 0 Å². The zero-order chi connectivity index (χ0) is 19.7. The number of benzene rings is 1. The molecule has 28 heavy (non-hydrogen) atoms. The molecule has 0 aliphatic heterocycles. The highest BCUT2D eigenvalue weighted by Crippen LogP contribution is 2.48. The molecule has 3 heteroatoms. The van der Waals surface area contributed by atoms with Crippen molar-refractivity contribution in [2.75, 3.05) is 7.11 Å². The largest absolute Gasteiger partial charge is 0.381 e. The number of fused-ring (bicyclic) bond motifs is 2. The van der Waals surface area contributed by atoms with Crippen LogP contribution >= 0.6 is 0 Å². The first-order valence-electron chi connectivity index (χ1n) is 11.6. The van der Waals surface area contributed by atoms with E-state index in [0.29, 0.717) is 29.4 Å². The quantitative estimate of drug-likeness (QED) is 0.528. The lowest BCUT2D eigenvalue weighted by atomic mass is 9.65. The second kappa shape index (κ2) is 8.81. The number of ether oxygens (including phenoxy) is 1. The van der Waals surface area contributed by atoms with Gasteiger partial charge in [-0.1, -0.05) is 26.2 Å². The summed E-state index contributed by atoms with van der Waals surface area (Å²) in [5.74, 6) is 1.47. The van der Waals surface area contributed by atoms with Crippen molar-refractivity contribution < 1.29 is 13.5 Å². The number of unbranched alkanes of at least 4 members (excludes halogenated alkanes) is 1. The number of hydrogen-bond donors (Lipinski definition) is 0. The van der Waals surface area contributed by atoms with Crippen LogP contribution in [0.25, 0.3) is 0 Å². The SMILES string of the molecule is CCCCC1CCc2c(cc(F)c(C3CCC4CC(OC)CCC4C3)c2F)C1. The monoisotopic (exact) mass is 390 g/mol. The summed E-state index contributed by atoms with van der Waals surface area (Å²) >= 11 is 0. The Labute approximate surface area is 169 Å². The van der Waals surface area contributed by atoms with Gasteiger partial charge in [0.25, 0.3) is 0 Å². The number of hydrogen-bond acceptors (Lipinski definition) is 1. The third-order valence-corrected chi connectivity index (χ3v) is 8.03. The second-order valence-corrected chi connectivity index (χ2v) is 9.68. The van der Waals surface area contributed by atoms with Crippen molar-refractivity contribution >= 4 is 0 Å². The normalized spacial score (nSPS) is 32.6. The standard InChI is InChI=1S/C25H36F2O/c1-3-4-5-16-6-11-22-20(12-16)15-23(26)24(25(22)27)19-8-7-18-14-21(28-2)10-9-17(18)13-19/h15-19,21H,3-14H2,1-2H3. The molecule has 0 saturated heterocycles. The van der Waals surface area contributed by atoms with Crippen LogP contribution in [0, 0.1) is 29.4 Å². The summed E-state index contributed by atoms with van der Waals surface area (Å²) < 4.78 is 36.1. The van der Waals surface area contributed by atoms with Crippen molar-refractivity contribution in [3.63, 3.8) is 0 Å². The van der Waals surface area contributed by atoms with E-state index in [9.17, 15) is 0 Å². The molecule has 1 aromatic carbocycles. The fraction of sp³-hybridized carbons (Fsp3) is 0.760. The molecule has 4 rings (SSSR count). The molecule has 0 heterocycles. The molecule has 2 fully saturated rings. The maximum absolute atomic E-state index is 15.5. The molecule has 3 aliphatic carbocycles. The molecule has 156 valence electrons. The smallest absolute Gasteiger partial charge is 0.133 e. The van der Waals surface area contributed by atoms with E-state index in [2.05, 4.69) is 6.92 Å². The Kier molecular flexibility index (Phi) is 6.40. The van der Waals surface area contributed by atoms with E-state index in [4.69, 9.17) is 4.74 Å². The zero-order valence-corrected chi connectivity index (χ0v) is 17.6. The van der Waals surface area contributed by atoms with Crippen LogP contribution in [-0.2, 0) is 17.6 Å². The van der Waals surface area contributed by atoms with E-state index < -0.39 is 0 Å². The van der Waals surface area contributed by atoms with Crippen LogP contribution < -0.4 is 0 Å². The fourth-order valence-electron chi connectivity index (χ4n) is 6.38. The van der Waals surface area contributed by atoms with Crippen LogP contribution in [0.5, 0.6) is 0 Å². The highest BCUT2D eigenvalue weighted by molar-refractivity contribution is 5.39. The van der Waals surface area contributed by atoms with E-state index >= 15 is 8.78 Å². The minimum atomic E-state index is -0.276. The summed E-state index contributed by atoms with van der Waals surface area (Å²) in [5.41, 5.74) is 2.19. The highest BCUT2D eigenvalue weighted by Gasteiger charge is 2.38. The molecule has 3 aliphatic rings. The lowest BCUT2D eigenvalue weighted by Crippen LogP contribution is -2.33. The van der Waals surface area contributed by atoms with Gasteiger partial charge in [-0.25, -0.2) is 8.78 Å². The van der Waals surface area contributed by atoms with E-state index in [1.165, 1.54) is 19.3 Å². The molecule has 2 saturated carbocycles. The number of rotatable bonds is 5. The first kappa shape index (κ1) is 20.3. The maximum atomic E-state index is 15.5. The van der Waals surface area contributed by atoms with Gasteiger partial charge in [-0.05, 0) is 98.7 Å². The molecule has 1 nitrogen and oxygen atoms in total. The minimum Gasteiger partial charge on any atom is -0.381 e. The number of halogens is 2. The predicted molar refractivity (Wildman–Crippen MR) is 110 cm³/mol. The van der Waals surface area contributed by atoms with Crippen molar-refractivity contribution in [1.82, 2.24) is 0 Å². The molecule has 0 amide bonds. The molecule has 0 radical (unpaired) electrons. The van der Waals surface area contributed by atoms with Crippen molar-refractivity contribution in [2.45, 2.75) is 96.0 Å². The third kappa shape index (κ3) is 4.01. The highest BCUT2D eigenvalue weighted by atomic mass is 19.1. The van der Waals surface area contributed by atoms with Gasteiger partial charge in [0.1, 0.15) is 11.6 Å². The lowest BCUT2D eigenvalue weighted by Gasteiger charge is -2.42. The molecular weight excluding hydrogens is 354 g/mol. The Morgan fingerprint density at radius 2 is 1.82 bits per heavy atom. The van der Waals surface area contributed by atoms with E-state index in [1.54, 1.807) is 13.2 Å². The molecule has 1 aromatic rings. The van der Waals surface area contributed by atoms with Gasteiger partial charge in [0.15, 0.2) is 0 Å². The van der Waals surface area contributed by atoms with Crippen molar-refractivity contribution in [3.8, 4) is 0 Å². The third-order valence-electron chi connectivity index (χ3n) is 8.03. The van der Waals surface area contributed by atoms with Crippen LogP contribution in [0.15, 0.2) is 6.07 Å².